The molecule has 7 nitrogen and oxygen atoms in total. The average molecular weight is 348 g/mol. The van der Waals surface area contributed by atoms with Gasteiger partial charge in [0.1, 0.15) is 12.7 Å². The first-order valence-corrected chi connectivity index (χ1v) is 8.74. The van der Waals surface area contributed by atoms with Gasteiger partial charge in [-0.15, -0.1) is 11.3 Å². The highest BCUT2D eigenvalue weighted by Gasteiger charge is 2.37. The van der Waals surface area contributed by atoms with Crippen molar-refractivity contribution in [2.75, 3.05) is 0 Å². The van der Waals surface area contributed by atoms with Crippen LogP contribution in [0.5, 0.6) is 0 Å². The Bertz CT molecular complexity index is 755. The number of hydrogen-bond acceptors (Lipinski definition) is 5. The van der Waals surface area contributed by atoms with Gasteiger partial charge in [-0.3, -0.25) is 9.48 Å². The molecule has 2 aromatic heterocycles. The van der Waals surface area contributed by atoms with Crippen molar-refractivity contribution in [3.8, 4) is 0 Å². The Morgan fingerprint density at radius 3 is 3.00 bits per heavy atom. The van der Waals surface area contributed by atoms with Crippen LogP contribution >= 0.6 is 11.3 Å². The number of hydrogen-bond donors (Lipinski definition) is 2. The maximum atomic E-state index is 12.7. The van der Waals surface area contributed by atoms with E-state index in [0.717, 1.165) is 24.8 Å². The second-order valence-electron chi connectivity index (χ2n) is 6.58. The number of carboxylic acid groups (broad SMARTS) is 1. The van der Waals surface area contributed by atoms with Crippen molar-refractivity contribution in [2.24, 2.45) is 5.92 Å². The molecule has 2 heterocycles. The van der Waals surface area contributed by atoms with Crippen molar-refractivity contribution in [2.45, 2.75) is 45.2 Å². The number of nitrogens with one attached hydrogen (secondary N) is 1. The number of nitrogens with zero attached hydrogens (tertiary/aromatic N) is 3. The number of rotatable bonds is 5. The Morgan fingerprint density at radius 2 is 2.33 bits per heavy atom. The number of aromatic nitrogens is 3. The zero-order chi connectivity index (χ0) is 17.3. The van der Waals surface area contributed by atoms with E-state index in [-0.39, 0.29) is 12.5 Å². The summed E-state index contributed by atoms with van der Waals surface area (Å²) < 4.78 is 1.40. The van der Waals surface area contributed by atoms with E-state index >= 15 is 0 Å². The van der Waals surface area contributed by atoms with Crippen LogP contribution in [0.3, 0.4) is 0 Å². The van der Waals surface area contributed by atoms with Crippen LogP contribution in [-0.2, 0) is 24.2 Å². The largest absolute Gasteiger partial charge is 0.479 e. The Labute approximate surface area is 143 Å². The van der Waals surface area contributed by atoms with Crippen molar-refractivity contribution < 1.29 is 14.7 Å². The van der Waals surface area contributed by atoms with Crippen LogP contribution in [0.15, 0.2) is 18.0 Å². The van der Waals surface area contributed by atoms with Gasteiger partial charge in [0.2, 0.25) is 0 Å². The lowest BCUT2D eigenvalue weighted by molar-refractivity contribution is -0.144. The van der Waals surface area contributed by atoms with Crippen LogP contribution in [0.2, 0.25) is 0 Å². The predicted octanol–water partition coefficient (Wildman–Crippen LogP) is 1.74. The Morgan fingerprint density at radius 1 is 1.54 bits per heavy atom. The Balaban J connectivity index is 1.81. The number of thiophene rings is 1. The smallest absolute Gasteiger partial charge is 0.331 e. The number of fused-ring (bicyclic) bond motifs is 1. The molecule has 0 radical (unpaired) electrons. The SMILES string of the molecule is CC1CCc2c(C(=O)NC(C)(Cn3cncn3)C(=O)O)csc2C1. The quantitative estimate of drug-likeness (QED) is 0.858. The summed E-state index contributed by atoms with van der Waals surface area (Å²) >= 11 is 1.59. The van der Waals surface area contributed by atoms with Crippen molar-refractivity contribution in [3.63, 3.8) is 0 Å². The molecule has 0 spiro atoms. The van der Waals surface area contributed by atoms with Crippen molar-refractivity contribution in [1.29, 1.82) is 0 Å². The van der Waals surface area contributed by atoms with E-state index in [9.17, 15) is 14.7 Å². The van der Waals surface area contributed by atoms with Crippen LogP contribution in [0, 0.1) is 5.92 Å². The minimum Gasteiger partial charge on any atom is -0.479 e. The number of carboxylic acids is 1. The highest BCUT2D eigenvalue weighted by atomic mass is 32.1. The summed E-state index contributed by atoms with van der Waals surface area (Å²) in [6.45, 7) is 3.70. The molecule has 1 aliphatic carbocycles. The monoisotopic (exact) mass is 348 g/mol. The molecule has 2 N–H and O–H groups in total. The number of carbonyl (C=O) groups excluding carboxylic acids is 1. The second kappa shape index (κ2) is 6.35. The molecule has 0 aromatic carbocycles. The third-order valence-corrected chi connectivity index (χ3v) is 5.50. The number of carbonyl (C=O) groups is 2. The summed E-state index contributed by atoms with van der Waals surface area (Å²) in [4.78, 5) is 29.5. The van der Waals surface area contributed by atoms with E-state index in [1.165, 1.54) is 29.1 Å². The molecule has 0 saturated heterocycles. The van der Waals surface area contributed by atoms with E-state index in [2.05, 4.69) is 22.3 Å². The lowest BCUT2D eigenvalue weighted by Gasteiger charge is -2.26. The average Bonchev–Trinajstić information content (AvgIpc) is 3.15. The molecule has 2 atom stereocenters. The molecule has 2 aromatic rings. The second-order valence-corrected chi connectivity index (χ2v) is 7.55. The summed E-state index contributed by atoms with van der Waals surface area (Å²) in [6.07, 6.45) is 5.68. The molecule has 8 heteroatoms. The molecular formula is C16H20N4O3S. The molecular weight excluding hydrogens is 328 g/mol. The highest BCUT2D eigenvalue weighted by molar-refractivity contribution is 7.10. The van der Waals surface area contributed by atoms with Gasteiger partial charge in [-0.1, -0.05) is 6.92 Å². The van der Waals surface area contributed by atoms with Gasteiger partial charge in [-0.05, 0) is 37.7 Å². The van der Waals surface area contributed by atoms with Crippen molar-refractivity contribution in [3.05, 3.63) is 34.0 Å². The van der Waals surface area contributed by atoms with E-state index in [1.807, 2.05) is 5.38 Å². The van der Waals surface area contributed by atoms with E-state index in [1.54, 1.807) is 11.3 Å². The summed E-state index contributed by atoms with van der Waals surface area (Å²) in [5.41, 5.74) is 0.221. The van der Waals surface area contributed by atoms with Gasteiger partial charge in [-0.25, -0.2) is 9.78 Å². The summed E-state index contributed by atoms with van der Waals surface area (Å²) in [7, 11) is 0. The van der Waals surface area contributed by atoms with Gasteiger partial charge in [0.15, 0.2) is 5.54 Å². The standard InChI is InChI=1S/C16H20N4O3S/c1-10-3-4-11-12(6-24-13(11)5-10)14(21)19-16(2,15(22)23)7-20-9-17-8-18-20/h6,8-10H,3-5,7H2,1-2H3,(H,19,21)(H,22,23). The molecule has 1 aliphatic rings. The molecule has 128 valence electrons. The maximum Gasteiger partial charge on any atom is 0.331 e. The lowest BCUT2D eigenvalue weighted by Crippen LogP contribution is -2.55. The minimum absolute atomic E-state index is 0.0113. The van der Waals surface area contributed by atoms with Gasteiger partial charge in [0.05, 0.1) is 12.1 Å². The number of aliphatic carboxylic acids is 1. The molecule has 0 bridgehead atoms. The maximum absolute atomic E-state index is 12.7. The van der Waals surface area contributed by atoms with Gasteiger partial charge in [0, 0.05) is 10.3 Å². The van der Waals surface area contributed by atoms with Crippen LogP contribution in [0.4, 0.5) is 0 Å². The van der Waals surface area contributed by atoms with Crippen molar-refractivity contribution >= 4 is 23.2 Å². The van der Waals surface area contributed by atoms with Gasteiger partial charge in [0.25, 0.3) is 5.91 Å². The molecule has 1 amide bonds. The third kappa shape index (κ3) is 3.19. The topological polar surface area (TPSA) is 97.1 Å². The summed E-state index contributed by atoms with van der Waals surface area (Å²) in [5.74, 6) is -0.820. The highest BCUT2D eigenvalue weighted by Crippen LogP contribution is 2.33. The Kier molecular flexibility index (Phi) is 4.40. The Hall–Kier alpha value is -2.22. The molecule has 0 fully saturated rings. The fraction of sp³-hybridized carbons (Fsp3) is 0.500. The zero-order valence-electron chi connectivity index (χ0n) is 13.7. The molecule has 0 aliphatic heterocycles. The van der Waals surface area contributed by atoms with E-state index in [0.29, 0.717) is 11.5 Å². The molecule has 3 rings (SSSR count). The van der Waals surface area contributed by atoms with Crippen molar-refractivity contribution in [1.82, 2.24) is 20.1 Å². The first-order chi connectivity index (χ1) is 11.4. The summed E-state index contributed by atoms with van der Waals surface area (Å²) in [6, 6.07) is 0. The predicted molar refractivity (Wildman–Crippen MR) is 89.0 cm³/mol. The fourth-order valence-corrected chi connectivity index (χ4v) is 4.23. The number of amides is 1. The summed E-state index contributed by atoms with van der Waals surface area (Å²) in [5, 5.41) is 18.0. The van der Waals surface area contributed by atoms with Crippen LogP contribution in [0.25, 0.3) is 0 Å². The lowest BCUT2D eigenvalue weighted by atomic mass is 9.88. The molecule has 2 unspecified atom stereocenters. The van der Waals surface area contributed by atoms with E-state index in [4.69, 9.17) is 0 Å². The first-order valence-electron chi connectivity index (χ1n) is 7.86. The van der Waals surface area contributed by atoms with Gasteiger partial charge in [-0.2, -0.15) is 5.10 Å². The van der Waals surface area contributed by atoms with Crippen LogP contribution in [-0.4, -0.2) is 37.3 Å². The van der Waals surface area contributed by atoms with Crippen LogP contribution in [0.1, 0.15) is 41.1 Å². The van der Waals surface area contributed by atoms with E-state index < -0.39 is 11.5 Å². The van der Waals surface area contributed by atoms with Gasteiger partial charge < -0.3 is 10.4 Å². The van der Waals surface area contributed by atoms with Crippen LogP contribution < -0.4 is 5.32 Å². The normalized spacial score (nSPS) is 19.3. The fourth-order valence-electron chi connectivity index (χ4n) is 2.98. The molecule has 0 saturated carbocycles. The molecule has 24 heavy (non-hydrogen) atoms. The third-order valence-electron chi connectivity index (χ3n) is 4.45. The minimum atomic E-state index is -1.46. The first kappa shape index (κ1) is 16.6. The van der Waals surface area contributed by atoms with Gasteiger partial charge >= 0.3 is 5.97 Å². The zero-order valence-corrected chi connectivity index (χ0v) is 14.5.